The molecule has 0 spiro atoms. The van der Waals surface area contributed by atoms with Crippen LogP contribution in [0.3, 0.4) is 0 Å². The van der Waals surface area contributed by atoms with Gasteiger partial charge in [0.1, 0.15) is 5.54 Å². The predicted molar refractivity (Wildman–Crippen MR) is 71.9 cm³/mol. The minimum Gasteiger partial charge on any atom is -0.480 e. The average molecular weight is 268 g/mol. The first-order valence-electron chi connectivity index (χ1n) is 7.15. The van der Waals surface area contributed by atoms with Crippen molar-refractivity contribution >= 4 is 12.0 Å². The van der Waals surface area contributed by atoms with Crippen LogP contribution in [0.2, 0.25) is 0 Å². The lowest BCUT2D eigenvalue weighted by Gasteiger charge is -2.39. The van der Waals surface area contributed by atoms with Crippen molar-refractivity contribution in [3.63, 3.8) is 0 Å². The number of hydrogen-bond acceptors (Lipinski definition) is 2. The van der Waals surface area contributed by atoms with E-state index in [-0.39, 0.29) is 12.1 Å². The van der Waals surface area contributed by atoms with Crippen molar-refractivity contribution in [3.8, 4) is 0 Å². The van der Waals surface area contributed by atoms with E-state index >= 15 is 0 Å². The van der Waals surface area contributed by atoms with Gasteiger partial charge in [-0.25, -0.2) is 9.59 Å². The lowest BCUT2D eigenvalue weighted by atomic mass is 9.75. The molecular weight excluding hydrogens is 244 g/mol. The van der Waals surface area contributed by atoms with Gasteiger partial charge in [0.25, 0.3) is 0 Å². The molecule has 0 aromatic rings. The lowest BCUT2D eigenvalue weighted by molar-refractivity contribution is -0.148. The summed E-state index contributed by atoms with van der Waals surface area (Å²) in [6.45, 7) is 4.49. The number of urea groups is 1. The van der Waals surface area contributed by atoms with Crippen molar-refractivity contribution in [1.29, 1.82) is 0 Å². The third kappa shape index (κ3) is 3.19. The van der Waals surface area contributed by atoms with Gasteiger partial charge in [-0.2, -0.15) is 0 Å². The van der Waals surface area contributed by atoms with E-state index in [1.807, 2.05) is 0 Å². The molecule has 0 saturated heterocycles. The molecule has 2 saturated carbocycles. The van der Waals surface area contributed by atoms with E-state index in [9.17, 15) is 9.59 Å². The van der Waals surface area contributed by atoms with Gasteiger partial charge >= 0.3 is 12.0 Å². The molecule has 2 rings (SSSR count). The monoisotopic (exact) mass is 268 g/mol. The van der Waals surface area contributed by atoms with Gasteiger partial charge in [0.15, 0.2) is 0 Å². The number of carbonyl (C=O) groups is 2. The molecule has 0 aromatic carbocycles. The molecule has 2 amide bonds. The second-order valence-corrected chi connectivity index (χ2v) is 6.78. The van der Waals surface area contributed by atoms with Crippen molar-refractivity contribution in [3.05, 3.63) is 0 Å². The fourth-order valence-electron chi connectivity index (χ4n) is 2.91. The molecule has 2 fully saturated rings. The fraction of sp³-hybridized carbons (Fsp3) is 0.857. The van der Waals surface area contributed by atoms with E-state index in [4.69, 9.17) is 5.11 Å². The van der Waals surface area contributed by atoms with Crippen LogP contribution in [0.5, 0.6) is 0 Å². The molecule has 0 atom stereocenters. The zero-order chi connectivity index (χ0) is 14.1. The van der Waals surface area contributed by atoms with E-state index in [0.29, 0.717) is 18.3 Å². The van der Waals surface area contributed by atoms with E-state index in [0.717, 1.165) is 32.1 Å². The summed E-state index contributed by atoms with van der Waals surface area (Å²) in [5.41, 5.74) is -0.650. The number of hydrogen-bond donors (Lipinski definition) is 3. The number of nitrogens with one attached hydrogen (secondary N) is 2. The maximum atomic E-state index is 11.9. The Hall–Kier alpha value is -1.26. The van der Waals surface area contributed by atoms with Gasteiger partial charge in [-0.3, -0.25) is 0 Å². The van der Waals surface area contributed by atoms with Gasteiger partial charge in [-0.15, -0.1) is 0 Å². The number of aliphatic carboxylic acids is 1. The summed E-state index contributed by atoms with van der Waals surface area (Å²) in [7, 11) is 0. The molecule has 5 heteroatoms. The van der Waals surface area contributed by atoms with Crippen LogP contribution < -0.4 is 10.6 Å². The van der Waals surface area contributed by atoms with Crippen LogP contribution in [0.4, 0.5) is 4.79 Å². The minimum atomic E-state index is -1.02. The Labute approximate surface area is 114 Å². The van der Waals surface area contributed by atoms with Crippen molar-refractivity contribution in [2.24, 2.45) is 5.41 Å². The molecule has 0 heterocycles. The van der Waals surface area contributed by atoms with Gasteiger partial charge in [0, 0.05) is 6.04 Å². The Morgan fingerprint density at radius 1 is 1.11 bits per heavy atom. The standard InChI is InChI=1S/C14H24N2O3/c1-13(2)8-4-10(5-9-13)15-12(19)16-14(11(17)18)6-3-7-14/h10H,3-9H2,1-2H3,(H,17,18)(H2,15,16,19). The fourth-order valence-corrected chi connectivity index (χ4v) is 2.91. The Kier molecular flexibility index (Phi) is 3.74. The number of rotatable bonds is 3. The van der Waals surface area contributed by atoms with Crippen LogP contribution in [-0.4, -0.2) is 28.7 Å². The highest BCUT2D eigenvalue weighted by Crippen LogP contribution is 2.35. The highest BCUT2D eigenvalue weighted by Gasteiger charge is 2.46. The Morgan fingerprint density at radius 3 is 2.11 bits per heavy atom. The summed E-state index contributed by atoms with van der Waals surface area (Å²) in [6, 6.07) is -0.147. The van der Waals surface area contributed by atoms with Crippen LogP contribution in [0.15, 0.2) is 0 Å². The van der Waals surface area contributed by atoms with Crippen molar-refractivity contribution in [1.82, 2.24) is 10.6 Å². The van der Waals surface area contributed by atoms with Gasteiger partial charge in [-0.05, 0) is 50.4 Å². The topological polar surface area (TPSA) is 78.4 Å². The minimum absolute atomic E-state index is 0.180. The van der Waals surface area contributed by atoms with Crippen molar-refractivity contribution in [2.75, 3.05) is 0 Å². The average Bonchev–Trinajstić information content (AvgIpc) is 2.26. The van der Waals surface area contributed by atoms with Crippen LogP contribution in [0.1, 0.15) is 58.8 Å². The quantitative estimate of drug-likeness (QED) is 0.734. The summed E-state index contributed by atoms with van der Waals surface area (Å²) in [4.78, 5) is 23.1. The van der Waals surface area contributed by atoms with Gasteiger partial charge in [0.2, 0.25) is 0 Å². The molecule has 0 aromatic heterocycles. The zero-order valence-electron chi connectivity index (χ0n) is 11.8. The predicted octanol–water partition coefficient (Wildman–Crippen LogP) is 2.26. The second-order valence-electron chi connectivity index (χ2n) is 6.78. The number of carboxylic acids is 1. The highest BCUT2D eigenvalue weighted by atomic mass is 16.4. The number of amides is 2. The molecule has 3 N–H and O–H groups in total. The molecule has 0 bridgehead atoms. The van der Waals surface area contributed by atoms with Crippen LogP contribution in [-0.2, 0) is 4.79 Å². The number of carbonyl (C=O) groups excluding carboxylic acids is 1. The molecular formula is C14H24N2O3. The molecule has 0 unspecified atom stereocenters. The normalized spacial score (nSPS) is 25.2. The first-order valence-corrected chi connectivity index (χ1v) is 7.15. The molecule has 0 radical (unpaired) electrons. The van der Waals surface area contributed by atoms with Gasteiger partial charge in [-0.1, -0.05) is 13.8 Å². The van der Waals surface area contributed by atoms with Crippen molar-refractivity contribution < 1.29 is 14.7 Å². The van der Waals surface area contributed by atoms with Crippen LogP contribution >= 0.6 is 0 Å². The third-order valence-electron chi connectivity index (χ3n) is 4.64. The third-order valence-corrected chi connectivity index (χ3v) is 4.64. The lowest BCUT2D eigenvalue weighted by Crippen LogP contribution is -2.62. The molecule has 2 aliphatic carbocycles. The maximum Gasteiger partial charge on any atom is 0.329 e. The van der Waals surface area contributed by atoms with Gasteiger partial charge < -0.3 is 15.7 Å². The van der Waals surface area contributed by atoms with E-state index in [2.05, 4.69) is 24.5 Å². The van der Waals surface area contributed by atoms with Crippen molar-refractivity contribution in [2.45, 2.75) is 70.4 Å². The summed E-state index contributed by atoms with van der Waals surface area (Å²) >= 11 is 0. The first-order chi connectivity index (χ1) is 8.83. The molecule has 2 aliphatic rings. The molecule has 19 heavy (non-hydrogen) atoms. The van der Waals surface area contributed by atoms with Crippen LogP contribution in [0.25, 0.3) is 0 Å². The Balaban J connectivity index is 1.80. The summed E-state index contributed by atoms with van der Waals surface area (Å²) in [5.74, 6) is -0.918. The molecule has 0 aliphatic heterocycles. The SMILES string of the molecule is CC1(C)CCC(NC(=O)NC2(C(=O)O)CCC2)CC1. The zero-order valence-corrected chi connectivity index (χ0v) is 11.8. The van der Waals surface area contributed by atoms with Crippen LogP contribution in [0, 0.1) is 5.41 Å². The highest BCUT2D eigenvalue weighted by molar-refractivity contribution is 5.87. The number of carboxylic acid groups (broad SMARTS) is 1. The van der Waals surface area contributed by atoms with E-state index < -0.39 is 11.5 Å². The summed E-state index contributed by atoms with van der Waals surface area (Å²) in [6.07, 6.45) is 6.08. The first kappa shape index (κ1) is 14.2. The molecule has 108 valence electrons. The Bertz CT molecular complexity index is 365. The molecule has 5 nitrogen and oxygen atoms in total. The summed E-state index contributed by atoms with van der Waals surface area (Å²) < 4.78 is 0. The Morgan fingerprint density at radius 2 is 1.68 bits per heavy atom. The smallest absolute Gasteiger partial charge is 0.329 e. The van der Waals surface area contributed by atoms with E-state index in [1.54, 1.807) is 0 Å². The van der Waals surface area contributed by atoms with Gasteiger partial charge in [0.05, 0.1) is 0 Å². The largest absolute Gasteiger partial charge is 0.480 e. The maximum absolute atomic E-state index is 11.9. The second kappa shape index (κ2) is 5.02. The summed E-state index contributed by atoms with van der Waals surface area (Å²) in [5, 5.41) is 14.7. The van der Waals surface area contributed by atoms with E-state index in [1.165, 1.54) is 0 Å².